The Balaban J connectivity index is 1.79. The summed E-state index contributed by atoms with van der Waals surface area (Å²) in [5, 5.41) is 10.6. The number of ether oxygens (including phenoxy) is 1. The Labute approximate surface area is 207 Å². The lowest BCUT2D eigenvalue weighted by molar-refractivity contribution is -0.870. The number of likely N-dealkylation sites (N-methyl/N-ethyl adjacent to an activating group) is 1. The molecule has 0 aliphatic rings. The van der Waals surface area contributed by atoms with E-state index in [2.05, 4.69) is 0 Å². The first-order valence-electron chi connectivity index (χ1n) is 11.5. The minimum Gasteiger partial charge on any atom is -0.388 e. The molecule has 0 spiro atoms. The van der Waals surface area contributed by atoms with Gasteiger partial charge in [0, 0.05) is 0 Å². The van der Waals surface area contributed by atoms with E-state index >= 15 is 0 Å². The molecule has 0 amide bonds. The van der Waals surface area contributed by atoms with E-state index in [1.807, 2.05) is 112 Å². The molecule has 3 aromatic rings. The molecular formula is C27H35NO6P+. The lowest BCUT2D eigenvalue weighted by Gasteiger charge is -2.36. The predicted molar refractivity (Wildman–Crippen MR) is 136 cm³/mol. The van der Waals surface area contributed by atoms with Gasteiger partial charge >= 0.3 is 7.82 Å². The largest absolute Gasteiger partial charge is 0.472 e. The molecule has 0 saturated carbocycles. The van der Waals surface area contributed by atoms with E-state index in [1.54, 1.807) is 0 Å². The molecule has 0 aromatic heterocycles. The van der Waals surface area contributed by atoms with Crippen LogP contribution in [0.15, 0.2) is 91.0 Å². The smallest absolute Gasteiger partial charge is 0.388 e. The number of aliphatic hydroxyl groups is 1. The molecule has 3 rings (SSSR count). The van der Waals surface area contributed by atoms with Gasteiger partial charge in [0.05, 0.1) is 34.4 Å². The van der Waals surface area contributed by atoms with Crippen molar-refractivity contribution in [2.24, 2.45) is 0 Å². The summed E-state index contributed by atoms with van der Waals surface area (Å²) < 4.78 is 29.4. The van der Waals surface area contributed by atoms with Crippen LogP contribution >= 0.6 is 7.82 Å². The number of phosphoric acid groups is 1. The lowest BCUT2D eigenvalue weighted by Crippen LogP contribution is -2.37. The van der Waals surface area contributed by atoms with Crippen molar-refractivity contribution >= 4 is 7.82 Å². The number of aliphatic hydroxyl groups excluding tert-OH is 1. The molecule has 0 fully saturated rings. The molecule has 0 radical (unpaired) electrons. The van der Waals surface area contributed by atoms with Gasteiger partial charge in [0.15, 0.2) is 0 Å². The molecule has 1 unspecified atom stereocenters. The fourth-order valence-corrected chi connectivity index (χ4v) is 4.43. The molecular weight excluding hydrogens is 465 g/mol. The molecule has 188 valence electrons. The number of hydrogen-bond donors (Lipinski definition) is 2. The Morgan fingerprint density at radius 3 is 1.60 bits per heavy atom. The maximum atomic E-state index is 12.2. The van der Waals surface area contributed by atoms with Crippen molar-refractivity contribution in [3.63, 3.8) is 0 Å². The Bertz CT molecular complexity index is 976. The van der Waals surface area contributed by atoms with Crippen molar-refractivity contribution in [3.05, 3.63) is 108 Å². The van der Waals surface area contributed by atoms with Gasteiger partial charge in [-0.25, -0.2) is 4.57 Å². The van der Waals surface area contributed by atoms with E-state index in [1.165, 1.54) is 0 Å². The van der Waals surface area contributed by atoms with Crippen molar-refractivity contribution in [2.75, 3.05) is 47.5 Å². The van der Waals surface area contributed by atoms with Crippen LogP contribution in [0.4, 0.5) is 0 Å². The zero-order valence-corrected chi connectivity index (χ0v) is 21.4. The summed E-state index contributed by atoms with van der Waals surface area (Å²) in [4.78, 5) is 9.97. The van der Waals surface area contributed by atoms with Gasteiger partial charge in [0.1, 0.15) is 24.9 Å². The van der Waals surface area contributed by atoms with Gasteiger partial charge in [-0.2, -0.15) is 0 Å². The van der Waals surface area contributed by atoms with Crippen LogP contribution in [0.1, 0.15) is 16.7 Å². The quantitative estimate of drug-likeness (QED) is 0.208. The fraction of sp³-hybridized carbons (Fsp3) is 0.333. The molecule has 2 atom stereocenters. The molecule has 0 aliphatic carbocycles. The zero-order valence-electron chi connectivity index (χ0n) is 20.5. The van der Waals surface area contributed by atoms with Crippen LogP contribution in [-0.4, -0.2) is 68.1 Å². The highest BCUT2D eigenvalue weighted by Gasteiger charge is 2.38. The third kappa shape index (κ3) is 7.82. The molecule has 0 heterocycles. The molecule has 7 nitrogen and oxygen atoms in total. The number of benzene rings is 3. The highest BCUT2D eigenvalue weighted by molar-refractivity contribution is 7.47. The van der Waals surface area contributed by atoms with Crippen molar-refractivity contribution in [1.82, 2.24) is 0 Å². The van der Waals surface area contributed by atoms with Crippen molar-refractivity contribution < 1.29 is 32.8 Å². The number of phosphoric ester groups is 1. The molecule has 35 heavy (non-hydrogen) atoms. The molecule has 0 aliphatic heterocycles. The second-order valence-electron chi connectivity index (χ2n) is 9.36. The van der Waals surface area contributed by atoms with E-state index in [0.29, 0.717) is 11.0 Å². The van der Waals surface area contributed by atoms with Crippen molar-refractivity contribution in [1.29, 1.82) is 0 Å². The average Bonchev–Trinajstić information content (AvgIpc) is 2.84. The van der Waals surface area contributed by atoms with Gasteiger partial charge in [0.25, 0.3) is 0 Å². The Morgan fingerprint density at radius 2 is 1.20 bits per heavy atom. The summed E-state index contributed by atoms with van der Waals surface area (Å²) >= 11 is 0. The first-order valence-corrected chi connectivity index (χ1v) is 13.0. The van der Waals surface area contributed by atoms with Crippen LogP contribution in [-0.2, 0) is 24.0 Å². The van der Waals surface area contributed by atoms with Gasteiger partial charge < -0.3 is 19.2 Å². The van der Waals surface area contributed by atoms with Crippen LogP contribution in [0, 0.1) is 0 Å². The third-order valence-electron chi connectivity index (χ3n) is 5.48. The minimum absolute atomic E-state index is 0.0585. The molecule has 0 bridgehead atoms. The van der Waals surface area contributed by atoms with E-state index in [0.717, 1.165) is 16.7 Å². The Kier molecular flexibility index (Phi) is 9.39. The summed E-state index contributed by atoms with van der Waals surface area (Å²) in [6.45, 7) is 0.0422. The Morgan fingerprint density at radius 1 is 0.771 bits per heavy atom. The van der Waals surface area contributed by atoms with E-state index in [9.17, 15) is 14.6 Å². The highest BCUT2D eigenvalue weighted by atomic mass is 31.2. The number of nitrogens with zero attached hydrogens (tertiary/aromatic N) is 1. The standard InChI is InChI=1S/C27H34NO6P/c1-28(2,3)19-20-33-35(30,31)34-22-26(29)21-32-27(23-13-7-4-8-14-23,24-15-9-5-10-16-24)25-17-11-6-12-18-25/h4-18,26,29H,19-22H2,1-3H3/p+1/t26-/m1/s1. The third-order valence-corrected chi connectivity index (χ3v) is 6.46. The minimum atomic E-state index is -4.30. The van der Waals surface area contributed by atoms with Gasteiger partial charge in [0.2, 0.25) is 0 Å². The highest BCUT2D eigenvalue weighted by Crippen LogP contribution is 2.44. The molecule has 3 aromatic carbocycles. The average molecular weight is 501 g/mol. The first-order chi connectivity index (χ1) is 16.6. The normalized spacial score (nSPS) is 14.9. The second-order valence-corrected chi connectivity index (χ2v) is 10.8. The van der Waals surface area contributed by atoms with E-state index in [4.69, 9.17) is 13.8 Å². The van der Waals surface area contributed by atoms with E-state index in [-0.39, 0.29) is 13.2 Å². The summed E-state index contributed by atoms with van der Waals surface area (Å²) in [5.41, 5.74) is 1.67. The van der Waals surface area contributed by atoms with Gasteiger partial charge in [-0.05, 0) is 16.7 Å². The fourth-order valence-electron chi connectivity index (χ4n) is 3.69. The maximum Gasteiger partial charge on any atom is 0.472 e. The van der Waals surface area contributed by atoms with Crippen molar-refractivity contribution in [2.45, 2.75) is 11.7 Å². The Hall–Kier alpha value is -2.35. The number of hydrogen-bond acceptors (Lipinski definition) is 5. The molecule has 8 heteroatoms. The monoisotopic (exact) mass is 500 g/mol. The predicted octanol–water partition coefficient (Wildman–Crippen LogP) is 4.20. The summed E-state index contributed by atoms with van der Waals surface area (Å²) in [6.07, 6.45) is -1.16. The van der Waals surface area contributed by atoms with Crippen LogP contribution in [0.3, 0.4) is 0 Å². The van der Waals surface area contributed by atoms with Crippen LogP contribution in [0.5, 0.6) is 0 Å². The number of rotatable bonds is 13. The van der Waals surface area contributed by atoms with Crippen LogP contribution in [0.25, 0.3) is 0 Å². The van der Waals surface area contributed by atoms with Crippen LogP contribution < -0.4 is 0 Å². The molecule has 2 N–H and O–H groups in total. The first kappa shape index (κ1) is 27.2. The zero-order chi connectivity index (χ0) is 25.4. The lowest BCUT2D eigenvalue weighted by atomic mass is 9.80. The number of quaternary nitrogens is 1. The summed E-state index contributed by atoms with van der Waals surface area (Å²) in [7, 11) is 1.55. The van der Waals surface area contributed by atoms with Crippen molar-refractivity contribution in [3.8, 4) is 0 Å². The van der Waals surface area contributed by atoms with Gasteiger partial charge in [-0.3, -0.25) is 9.05 Å². The molecule has 0 saturated heterocycles. The second kappa shape index (κ2) is 12.1. The van der Waals surface area contributed by atoms with Gasteiger partial charge in [-0.1, -0.05) is 91.0 Å². The van der Waals surface area contributed by atoms with Crippen LogP contribution in [0.2, 0.25) is 0 Å². The van der Waals surface area contributed by atoms with Gasteiger partial charge in [-0.15, -0.1) is 0 Å². The topological polar surface area (TPSA) is 85.2 Å². The maximum absolute atomic E-state index is 12.2. The van der Waals surface area contributed by atoms with E-state index < -0.39 is 26.1 Å². The summed E-state index contributed by atoms with van der Waals surface area (Å²) in [6, 6.07) is 29.3. The summed E-state index contributed by atoms with van der Waals surface area (Å²) in [5.74, 6) is 0. The SMILES string of the molecule is C[N+](C)(C)CCOP(=O)(O)OC[C@H](O)COC(c1ccccc1)(c1ccccc1)c1ccccc1.